The van der Waals surface area contributed by atoms with Gasteiger partial charge in [0, 0.05) is 11.6 Å². The highest BCUT2D eigenvalue weighted by molar-refractivity contribution is 5.50. The van der Waals surface area contributed by atoms with Gasteiger partial charge in [0.15, 0.2) is 5.82 Å². The summed E-state index contributed by atoms with van der Waals surface area (Å²) in [5, 5.41) is 3.87. The second-order valence-electron chi connectivity index (χ2n) is 4.59. The Balaban J connectivity index is 2.48. The third-order valence-corrected chi connectivity index (χ3v) is 2.15. The molecule has 2 aromatic rings. The van der Waals surface area contributed by atoms with Crippen molar-refractivity contribution in [2.75, 3.05) is 0 Å². The van der Waals surface area contributed by atoms with Gasteiger partial charge in [0.25, 0.3) is 11.4 Å². The molecule has 0 radical (unpaired) electrons. The first-order valence-corrected chi connectivity index (χ1v) is 5.01. The molecule has 0 spiro atoms. The number of rotatable bonds is 1. The largest absolute Gasteiger partial charge is 0.334 e. The molecule has 2 rings (SSSR count). The lowest BCUT2D eigenvalue weighted by Crippen LogP contribution is -2.13. The highest BCUT2D eigenvalue weighted by Gasteiger charge is 2.22. The third kappa shape index (κ3) is 1.88. The van der Waals surface area contributed by atoms with Crippen LogP contribution in [0.5, 0.6) is 0 Å². The molecule has 2 heterocycles. The number of hydrogen-bond donors (Lipinski definition) is 1. The van der Waals surface area contributed by atoms with Crippen molar-refractivity contribution in [3.63, 3.8) is 0 Å². The Kier molecular flexibility index (Phi) is 2.38. The van der Waals surface area contributed by atoms with Crippen LogP contribution in [0.4, 0.5) is 0 Å². The minimum absolute atomic E-state index is 0.191. The molecule has 5 nitrogen and oxygen atoms in total. The normalized spacial score (nSPS) is 11.7. The van der Waals surface area contributed by atoms with Crippen molar-refractivity contribution in [3.05, 3.63) is 34.5 Å². The van der Waals surface area contributed by atoms with Gasteiger partial charge in [0.1, 0.15) is 5.56 Å². The van der Waals surface area contributed by atoms with Crippen molar-refractivity contribution in [2.24, 2.45) is 0 Å². The summed E-state index contributed by atoms with van der Waals surface area (Å²) in [6, 6.07) is 3.37. The molecule has 0 bridgehead atoms. The smallest absolute Gasteiger partial charge is 0.263 e. The molecule has 84 valence electrons. The monoisotopic (exact) mass is 219 g/mol. The lowest BCUT2D eigenvalue weighted by molar-refractivity contribution is 0.402. The van der Waals surface area contributed by atoms with Crippen molar-refractivity contribution >= 4 is 0 Å². The van der Waals surface area contributed by atoms with E-state index in [0.717, 1.165) is 0 Å². The summed E-state index contributed by atoms with van der Waals surface area (Å²) in [6.07, 6.45) is 1.56. The molecule has 5 heteroatoms. The fourth-order valence-electron chi connectivity index (χ4n) is 1.23. The van der Waals surface area contributed by atoms with Crippen LogP contribution in [-0.2, 0) is 5.41 Å². The number of aromatic nitrogens is 3. The Bertz CT molecular complexity index is 549. The first-order valence-electron chi connectivity index (χ1n) is 5.01. The molecule has 0 fully saturated rings. The van der Waals surface area contributed by atoms with Crippen molar-refractivity contribution in [3.8, 4) is 11.5 Å². The van der Waals surface area contributed by atoms with E-state index >= 15 is 0 Å². The predicted molar refractivity (Wildman–Crippen MR) is 59.1 cm³/mol. The van der Waals surface area contributed by atoms with E-state index in [4.69, 9.17) is 4.52 Å². The fourth-order valence-corrected chi connectivity index (χ4v) is 1.23. The van der Waals surface area contributed by atoms with Crippen molar-refractivity contribution < 1.29 is 4.52 Å². The molecular formula is C11H13N3O2. The Morgan fingerprint density at radius 3 is 2.69 bits per heavy atom. The van der Waals surface area contributed by atoms with Gasteiger partial charge in [-0.3, -0.25) is 4.79 Å². The molecule has 0 saturated carbocycles. The predicted octanol–water partition coefficient (Wildman–Crippen LogP) is 1.72. The van der Waals surface area contributed by atoms with Gasteiger partial charge in [-0.05, 0) is 12.1 Å². The summed E-state index contributed by atoms with van der Waals surface area (Å²) >= 11 is 0. The lowest BCUT2D eigenvalue weighted by atomic mass is 9.96. The zero-order valence-electron chi connectivity index (χ0n) is 9.44. The SMILES string of the molecule is CC(C)(C)c1noc(-c2ccc[nH]c2=O)n1. The van der Waals surface area contributed by atoms with E-state index in [1.54, 1.807) is 18.3 Å². The maximum absolute atomic E-state index is 11.5. The number of aromatic amines is 1. The van der Waals surface area contributed by atoms with Crippen LogP contribution in [0, 0.1) is 0 Å². The Morgan fingerprint density at radius 2 is 2.12 bits per heavy atom. The number of pyridine rings is 1. The molecule has 0 saturated heterocycles. The van der Waals surface area contributed by atoms with Crippen molar-refractivity contribution in [1.82, 2.24) is 15.1 Å². The maximum atomic E-state index is 11.5. The quantitative estimate of drug-likeness (QED) is 0.792. The van der Waals surface area contributed by atoms with Gasteiger partial charge in [0.2, 0.25) is 0 Å². The van der Waals surface area contributed by atoms with Gasteiger partial charge < -0.3 is 9.51 Å². The third-order valence-electron chi connectivity index (χ3n) is 2.15. The van der Waals surface area contributed by atoms with E-state index < -0.39 is 0 Å². The van der Waals surface area contributed by atoms with Crippen LogP contribution in [0.15, 0.2) is 27.6 Å². The lowest BCUT2D eigenvalue weighted by Gasteiger charge is -2.10. The molecule has 0 aliphatic heterocycles. The molecule has 0 atom stereocenters. The van der Waals surface area contributed by atoms with Gasteiger partial charge >= 0.3 is 0 Å². The van der Waals surface area contributed by atoms with E-state index in [9.17, 15) is 4.79 Å². The molecule has 0 amide bonds. The summed E-state index contributed by atoms with van der Waals surface area (Å²) in [6.45, 7) is 5.95. The van der Waals surface area contributed by atoms with E-state index in [1.165, 1.54) is 0 Å². The van der Waals surface area contributed by atoms with Crippen LogP contribution >= 0.6 is 0 Å². The second kappa shape index (κ2) is 3.59. The van der Waals surface area contributed by atoms with Crippen LogP contribution in [0.1, 0.15) is 26.6 Å². The van der Waals surface area contributed by atoms with Crippen molar-refractivity contribution in [1.29, 1.82) is 0 Å². The Hall–Kier alpha value is -1.91. The number of H-pyrrole nitrogens is 1. The zero-order valence-corrected chi connectivity index (χ0v) is 9.44. The average molecular weight is 219 g/mol. The molecule has 0 aromatic carbocycles. The summed E-state index contributed by atoms with van der Waals surface area (Å²) in [4.78, 5) is 18.3. The van der Waals surface area contributed by atoms with Gasteiger partial charge in [-0.2, -0.15) is 4.98 Å². The molecular weight excluding hydrogens is 206 g/mol. The average Bonchev–Trinajstić information content (AvgIpc) is 2.66. The van der Waals surface area contributed by atoms with E-state index in [-0.39, 0.29) is 16.9 Å². The molecule has 0 aliphatic carbocycles. The van der Waals surface area contributed by atoms with Crippen LogP contribution < -0.4 is 5.56 Å². The minimum atomic E-state index is -0.230. The molecule has 16 heavy (non-hydrogen) atoms. The molecule has 0 unspecified atom stereocenters. The summed E-state index contributed by atoms with van der Waals surface area (Å²) in [5.41, 5.74) is -0.0272. The summed E-state index contributed by atoms with van der Waals surface area (Å²) < 4.78 is 5.08. The van der Waals surface area contributed by atoms with Gasteiger partial charge in [-0.1, -0.05) is 25.9 Å². The summed E-state index contributed by atoms with van der Waals surface area (Å²) in [7, 11) is 0. The highest BCUT2D eigenvalue weighted by atomic mass is 16.5. The number of nitrogens with one attached hydrogen (secondary N) is 1. The minimum Gasteiger partial charge on any atom is -0.334 e. The van der Waals surface area contributed by atoms with Crippen LogP contribution in [-0.4, -0.2) is 15.1 Å². The standard InChI is InChI=1S/C11H13N3O2/c1-11(2,3)10-13-9(16-14-10)7-5-4-6-12-8(7)15/h4-6H,1-3H3,(H,12,15). The highest BCUT2D eigenvalue weighted by Crippen LogP contribution is 2.21. The second-order valence-corrected chi connectivity index (χ2v) is 4.59. The molecule has 0 aliphatic rings. The Labute approximate surface area is 92.5 Å². The molecule has 2 aromatic heterocycles. The molecule has 1 N–H and O–H groups in total. The summed E-state index contributed by atoms with van der Waals surface area (Å²) in [5.74, 6) is 0.845. The van der Waals surface area contributed by atoms with E-state index in [0.29, 0.717) is 11.4 Å². The topological polar surface area (TPSA) is 71.8 Å². The first-order chi connectivity index (χ1) is 7.48. The number of nitrogens with zero attached hydrogens (tertiary/aromatic N) is 2. The fraction of sp³-hybridized carbons (Fsp3) is 0.364. The van der Waals surface area contributed by atoms with Crippen LogP contribution in [0.2, 0.25) is 0 Å². The van der Waals surface area contributed by atoms with E-state index in [1.807, 2.05) is 20.8 Å². The van der Waals surface area contributed by atoms with Crippen LogP contribution in [0.3, 0.4) is 0 Å². The first kappa shape index (κ1) is 10.6. The van der Waals surface area contributed by atoms with Gasteiger partial charge in [-0.15, -0.1) is 0 Å². The van der Waals surface area contributed by atoms with Gasteiger partial charge in [-0.25, -0.2) is 0 Å². The Morgan fingerprint density at radius 1 is 1.38 bits per heavy atom. The zero-order chi connectivity index (χ0) is 11.8. The van der Waals surface area contributed by atoms with Gasteiger partial charge in [0.05, 0.1) is 0 Å². The van der Waals surface area contributed by atoms with E-state index in [2.05, 4.69) is 15.1 Å². The van der Waals surface area contributed by atoms with Crippen LogP contribution in [0.25, 0.3) is 11.5 Å². The van der Waals surface area contributed by atoms with Crippen molar-refractivity contribution in [2.45, 2.75) is 26.2 Å². The maximum Gasteiger partial charge on any atom is 0.263 e. The number of hydrogen-bond acceptors (Lipinski definition) is 4.